The van der Waals surface area contributed by atoms with Crippen molar-refractivity contribution >= 4 is 0 Å². The lowest BCUT2D eigenvalue weighted by Gasteiger charge is -2.40. The van der Waals surface area contributed by atoms with Crippen molar-refractivity contribution in [3.8, 4) is 5.75 Å². The first-order valence-electron chi connectivity index (χ1n) is 8.75. The Labute approximate surface area is 156 Å². The monoisotopic (exact) mass is 376 g/mol. The molecule has 0 bridgehead atoms. The second-order valence-electron chi connectivity index (χ2n) is 6.79. The highest BCUT2D eigenvalue weighted by Crippen LogP contribution is 2.35. The molecule has 6 N–H and O–H groups in total. The summed E-state index contributed by atoms with van der Waals surface area (Å²) in [7, 11) is 0. The SMILES string of the molecule is OCc1ccc(Cc2cccc(O)c2)cc1[C@@H]1O[C@H](CO)[C@@H](O)[C@H](O)[C@H]1O. The first-order chi connectivity index (χ1) is 12.9. The van der Waals surface area contributed by atoms with E-state index < -0.39 is 37.1 Å². The van der Waals surface area contributed by atoms with Crippen LogP contribution in [0.3, 0.4) is 0 Å². The molecule has 5 atom stereocenters. The summed E-state index contributed by atoms with van der Waals surface area (Å²) in [5, 5.41) is 59.0. The van der Waals surface area contributed by atoms with E-state index in [1.807, 2.05) is 12.1 Å². The number of hydrogen-bond acceptors (Lipinski definition) is 7. The topological polar surface area (TPSA) is 131 Å². The number of hydrogen-bond donors (Lipinski definition) is 6. The Morgan fingerprint density at radius 2 is 1.59 bits per heavy atom. The summed E-state index contributed by atoms with van der Waals surface area (Å²) in [6, 6.07) is 12.1. The zero-order valence-corrected chi connectivity index (χ0v) is 14.6. The molecular weight excluding hydrogens is 352 g/mol. The molecule has 0 unspecified atom stereocenters. The molecule has 0 aliphatic carbocycles. The third-order valence-electron chi connectivity index (χ3n) is 4.90. The van der Waals surface area contributed by atoms with E-state index in [0.717, 1.165) is 11.1 Å². The number of aliphatic hydroxyl groups is 5. The number of phenolic OH excluding ortho intramolecular Hbond substituents is 1. The second-order valence-corrected chi connectivity index (χ2v) is 6.79. The van der Waals surface area contributed by atoms with Crippen LogP contribution in [-0.2, 0) is 17.8 Å². The zero-order valence-electron chi connectivity index (χ0n) is 14.6. The summed E-state index contributed by atoms with van der Waals surface area (Å²) in [5.74, 6) is 0.161. The maximum atomic E-state index is 10.4. The minimum atomic E-state index is -1.48. The Balaban J connectivity index is 1.93. The van der Waals surface area contributed by atoms with Gasteiger partial charge in [0.1, 0.15) is 36.3 Å². The van der Waals surface area contributed by atoms with Gasteiger partial charge in [-0.05, 0) is 40.8 Å². The first kappa shape index (κ1) is 19.8. The molecule has 3 rings (SSSR count). The van der Waals surface area contributed by atoms with Crippen molar-refractivity contribution < 1.29 is 35.4 Å². The smallest absolute Gasteiger partial charge is 0.115 e. The molecule has 7 nitrogen and oxygen atoms in total. The van der Waals surface area contributed by atoms with Crippen molar-refractivity contribution in [2.45, 2.75) is 43.5 Å². The zero-order chi connectivity index (χ0) is 19.6. The highest BCUT2D eigenvalue weighted by Gasteiger charge is 2.44. The number of benzene rings is 2. The first-order valence-corrected chi connectivity index (χ1v) is 8.75. The molecule has 146 valence electrons. The number of aromatic hydroxyl groups is 1. The Morgan fingerprint density at radius 3 is 2.26 bits per heavy atom. The van der Waals surface area contributed by atoms with Gasteiger partial charge in [0.2, 0.25) is 0 Å². The standard InChI is InChI=1S/C20H24O7/c21-9-13-5-4-12(6-11-2-1-3-14(23)7-11)8-15(13)20-19(26)18(25)17(24)16(10-22)27-20/h1-5,7-8,16-26H,6,9-10H2/t16-,17-,18+,19-,20+/m1/s1. The van der Waals surface area contributed by atoms with Crippen molar-refractivity contribution in [1.29, 1.82) is 0 Å². The van der Waals surface area contributed by atoms with Crippen LogP contribution in [0.1, 0.15) is 28.4 Å². The molecule has 1 aliphatic rings. The van der Waals surface area contributed by atoms with Crippen molar-refractivity contribution in [3.63, 3.8) is 0 Å². The second kappa shape index (κ2) is 8.35. The third kappa shape index (κ3) is 4.14. The van der Waals surface area contributed by atoms with Crippen LogP contribution in [0.4, 0.5) is 0 Å². The van der Waals surface area contributed by atoms with Crippen LogP contribution in [-0.4, -0.2) is 61.7 Å². The number of ether oxygens (including phenoxy) is 1. The predicted molar refractivity (Wildman–Crippen MR) is 96.0 cm³/mol. The van der Waals surface area contributed by atoms with E-state index >= 15 is 0 Å². The quantitative estimate of drug-likeness (QED) is 0.433. The van der Waals surface area contributed by atoms with Crippen LogP contribution in [0, 0.1) is 0 Å². The molecular formula is C20H24O7. The minimum Gasteiger partial charge on any atom is -0.508 e. The van der Waals surface area contributed by atoms with Crippen molar-refractivity contribution in [2.75, 3.05) is 6.61 Å². The van der Waals surface area contributed by atoms with Gasteiger partial charge in [0.25, 0.3) is 0 Å². The summed E-state index contributed by atoms with van der Waals surface area (Å²) in [6.45, 7) is -0.810. The molecule has 2 aromatic rings. The van der Waals surface area contributed by atoms with Gasteiger partial charge in [0.05, 0.1) is 13.2 Å². The molecule has 1 saturated heterocycles. The van der Waals surface area contributed by atoms with Crippen LogP contribution in [0.15, 0.2) is 42.5 Å². The number of phenols is 1. The van der Waals surface area contributed by atoms with Crippen LogP contribution < -0.4 is 0 Å². The van der Waals surface area contributed by atoms with Gasteiger partial charge < -0.3 is 35.4 Å². The van der Waals surface area contributed by atoms with Gasteiger partial charge in [-0.3, -0.25) is 0 Å². The molecule has 0 spiro atoms. The molecule has 7 heteroatoms. The Bertz CT molecular complexity index is 777. The van der Waals surface area contributed by atoms with E-state index in [0.29, 0.717) is 17.5 Å². The van der Waals surface area contributed by atoms with Gasteiger partial charge in [0.15, 0.2) is 0 Å². The van der Waals surface area contributed by atoms with Crippen LogP contribution >= 0.6 is 0 Å². The van der Waals surface area contributed by atoms with E-state index in [1.54, 1.807) is 30.3 Å². The highest BCUT2D eigenvalue weighted by atomic mass is 16.5. The average Bonchev–Trinajstić information content (AvgIpc) is 2.66. The fraction of sp³-hybridized carbons (Fsp3) is 0.400. The van der Waals surface area contributed by atoms with E-state index in [4.69, 9.17) is 4.74 Å². The molecule has 0 amide bonds. The summed E-state index contributed by atoms with van der Waals surface area (Å²) < 4.78 is 5.62. The maximum absolute atomic E-state index is 10.4. The molecule has 27 heavy (non-hydrogen) atoms. The van der Waals surface area contributed by atoms with E-state index in [2.05, 4.69) is 0 Å². The summed E-state index contributed by atoms with van der Waals surface area (Å²) in [4.78, 5) is 0. The fourth-order valence-corrected chi connectivity index (χ4v) is 3.42. The number of rotatable bonds is 5. The third-order valence-corrected chi connectivity index (χ3v) is 4.90. The van der Waals surface area contributed by atoms with Crippen LogP contribution in [0.25, 0.3) is 0 Å². The molecule has 1 fully saturated rings. The minimum absolute atomic E-state index is 0.161. The molecule has 1 heterocycles. The molecule has 0 aromatic heterocycles. The lowest BCUT2D eigenvalue weighted by Crippen LogP contribution is -2.55. The van der Waals surface area contributed by atoms with Crippen molar-refractivity contribution in [2.24, 2.45) is 0 Å². The summed E-state index contributed by atoms with van der Waals surface area (Å²) in [6.07, 6.45) is -5.85. The van der Waals surface area contributed by atoms with Gasteiger partial charge in [-0.15, -0.1) is 0 Å². The van der Waals surface area contributed by atoms with Gasteiger partial charge in [0, 0.05) is 0 Å². The Morgan fingerprint density at radius 1 is 0.852 bits per heavy atom. The largest absolute Gasteiger partial charge is 0.508 e. The van der Waals surface area contributed by atoms with Crippen LogP contribution in [0.2, 0.25) is 0 Å². The van der Waals surface area contributed by atoms with Gasteiger partial charge in [-0.1, -0.05) is 30.3 Å². The van der Waals surface area contributed by atoms with Crippen molar-refractivity contribution in [3.05, 3.63) is 64.7 Å². The van der Waals surface area contributed by atoms with E-state index in [-0.39, 0.29) is 12.4 Å². The summed E-state index contributed by atoms with van der Waals surface area (Å²) in [5.41, 5.74) is 2.72. The highest BCUT2D eigenvalue weighted by molar-refractivity contribution is 5.38. The molecule has 0 saturated carbocycles. The van der Waals surface area contributed by atoms with Crippen molar-refractivity contribution in [1.82, 2.24) is 0 Å². The van der Waals surface area contributed by atoms with Gasteiger partial charge in [-0.2, -0.15) is 0 Å². The normalized spacial score (nSPS) is 28.3. The van der Waals surface area contributed by atoms with E-state index in [1.165, 1.54) is 0 Å². The average molecular weight is 376 g/mol. The maximum Gasteiger partial charge on any atom is 0.115 e. The molecule has 1 aliphatic heterocycles. The Kier molecular flexibility index (Phi) is 6.11. The number of aliphatic hydroxyl groups excluding tert-OH is 5. The van der Waals surface area contributed by atoms with Gasteiger partial charge >= 0.3 is 0 Å². The van der Waals surface area contributed by atoms with E-state index in [9.17, 15) is 30.6 Å². The lowest BCUT2D eigenvalue weighted by molar-refractivity contribution is -0.232. The van der Waals surface area contributed by atoms with Crippen LogP contribution in [0.5, 0.6) is 5.75 Å². The lowest BCUT2D eigenvalue weighted by atomic mass is 9.88. The fourth-order valence-electron chi connectivity index (χ4n) is 3.42. The molecule has 2 aromatic carbocycles. The summed E-state index contributed by atoms with van der Waals surface area (Å²) >= 11 is 0. The predicted octanol–water partition coefficient (Wildman–Crippen LogP) is -0.00980. The Hall–Kier alpha value is -2.00. The van der Waals surface area contributed by atoms with Gasteiger partial charge in [-0.25, -0.2) is 0 Å². The molecule has 0 radical (unpaired) electrons.